The standard InChI is InChI=1S/C25H22ClNO5/c1-15(2)32-19-11-7-17(8-12-19)23(28)21-22(16-5-9-18(26)10-6-16)27(25(30)24(21)29)14-20-4-3-13-31-20/h3-13,15,22,28H,14H2,1-2H3/b23-21-. The zero-order chi connectivity index (χ0) is 22.8. The van der Waals surface area contributed by atoms with Gasteiger partial charge in [-0.3, -0.25) is 9.59 Å². The number of carbonyl (C=O) groups is 2. The number of benzene rings is 2. The first-order valence-corrected chi connectivity index (χ1v) is 10.6. The predicted molar refractivity (Wildman–Crippen MR) is 120 cm³/mol. The first kappa shape index (κ1) is 21.7. The van der Waals surface area contributed by atoms with E-state index in [9.17, 15) is 14.7 Å². The summed E-state index contributed by atoms with van der Waals surface area (Å²) in [4.78, 5) is 27.4. The van der Waals surface area contributed by atoms with Crippen LogP contribution in [0.3, 0.4) is 0 Å². The SMILES string of the molecule is CC(C)Oc1ccc(/C(O)=C2/C(=O)C(=O)N(Cc3ccco3)C2c2ccc(Cl)cc2)cc1. The number of carbonyl (C=O) groups excluding carboxylic acids is 2. The Hall–Kier alpha value is -3.51. The van der Waals surface area contributed by atoms with E-state index in [1.165, 1.54) is 11.2 Å². The lowest BCUT2D eigenvalue weighted by molar-refractivity contribution is -0.140. The first-order valence-electron chi connectivity index (χ1n) is 10.2. The molecule has 0 saturated carbocycles. The van der Waals surface area contributed by atoms with Gasteiger partial charge in [0.15, 0.2) is 0 Å². The zero-order valence-electron chi connectivity index (χ0n) is 17.6. The molecule has 1 aliphatic heterocycles. The van der Waals surface area contributed by atoms with Crippen molar-refractivity contribution in [3.05, 3.63) is 94.4 Å². The van der Waals surface area contributed by atoms with E-state index in [4.69, 9.17) is 20.8 Å². The third kappa shape index (κ3) is 4.27. The van der Waals surface area contributed by atoms with E-state index >= 15 is 0 Å². The number of likely N-dealkylation sites (tertiary alicyclic amines) is 1. The smallest absolute Gasteiger partial charge is 0.296 e. The number of ketones is 1. The Labute approximate surface area is 190 Å². The molecule has 7 heteroatoms. The number of rotatable bonds is 6. The van der Waals surface area contributed by atoms with Crippen molar-refractivity contribution >= 4 is 29.1 Å². The summed E-state index contributed by atoms with van der Waals surface area (Å²) in [5.74, 6) is -0.536. The van der Waals surface area contributed by atoms with Gasteiger partial charge in [0.25, 0.3) is 11.7 Å². The van der Waals surface area contributed by atoms with Gasteiger partial charge in [0.05, 0.1) is 30.5 Å². The van der Waals surface area contributed by atoms with Crippen LogP contribution in [-0.2, 0) is 16.1 Å². The lowest BCUT2D eigenvalue weighted by Crippen LogP contribution is -2.29. The van der Waals surface area contributed by atoms with Crippen LogP contribution in [0, 0.1) is 0 Å². The molecule has 164 valence electrons. The molecule has 32 heavy (non-hydrogen) atoms. The highest BCUT2D eigenvalue weighted by molar-refractivity contribution is 6.46. The number of ether oxygens (including phenoxy) is 1. The van der Waals surface area contributed by atoms with Gasteiger partial charge in [-0.1, -0.05) is 23.7 Å². The fraction of sp³-hybridized carbons (Fsp3) is 0.200. The summed E-state index contributed by atoms with van der Waals surface area (Å²) in [6, 6.07) is 16.2. The minimum Gasteiger partial charge on any atom is -0.507 e. The average Bonchev–Trinajstić information content (AvgIpc) is 3.36. The Morgan fingerprint density at radius 3 is 2.38 bits per heavy atom. The first-order chi connectivity index (χ1) is 15.3. The fourth-order valence-electron chi connectivity index (χ4n) is 3.72. The molecular formula is C25H22ClNO5. The van der Waals surface area contributed by atoms with E-state index in [0.717, 1.165) is 0 Å². The lowest BCUT2D eigenvalue weighted by Gasteiger charge is -2.24. The number of nitrogens with zero attached hydrogens (tertiary/aromatic N) is 1. The summed E-state index contributed by atoms with van der Waals surface area (Å²) in [5.41, 5.74) is 1.08. The van der Waals surface area contributed by atoms with Crippen LogP contribution in [0.25, 0.3) is 5.76 Å². The summed E-state index contributed by atoms with van der Waals surface area (Å²) in [7, 11) is 0. The average molecular weight is 452 g/mol. The minimum atomic E-state index is -0.788. The summed E-state index contributed by atoms with van der Waals surface area (Å²) in [5, 5.41) is 11.6. The van der Waals surface area contributed by atoms with Crippen molar-refractivity contribution in [3.8, 4) is 5.75 Å². The zero-order valence-corrected chi connectivity index (χ0v) is 18.4. The number of aliphatic hydroxyl groups is 1. The Kier molecular flexibility index (Phi) is 6.06. The fourth-order valence-corrected chi connectivity index (χ4v) is 3.85. The Morgan fingerprint density at radius 2 is 1.78 bits per heavy atom. The van der Waals surface area contributed by atoms with E-state index in [2.05, 4.69) is 0 Å². The third-order valence-electron chi connectivity index (χ3n) is 5.13. The quantitative estimate of drug-likeness (QED) is 0.311. The molecule has 1 N–H and O–H groups in total. The second-order valence-electron chi connectivity index (χ2n) is 7.75. The van der Waals surface area contributed by atoms with Crippen molar-refractivity contribution in [2.45, 2.75) is 32.5 Å². The number of Topliss-reactive ketones (excluding diaryl/α,β-unsaturated/α-hetero) is 1. The molecule has 3 aromatic rings. The Morgan fingerprint density at radius 1 is 1.09 bits per heavy atom. The van der Waals surface area contributed by atoms with Gasteiger partial charge < -0.3 is 19.2 Å². The van der Waals surface area contributed by atoms with Gasteiger partial charge in [0.2, 0.25) is 0 Å². The maximum atomic E-state index is 13.0. The molecule has 1 atom stereocenters. The van der Waals surface area contributed by atoms with Gasteiger partial charge in [-0.2, -0.15) is 0 Å². The van der Waals surface area contributed by atoms with Crippen LogP contribution in [0.4, 0.5) is 0 Å². The van der Waals surface area contributed by atoms with Crippen LogP contribution in [-0.4, -0.2) is 27.8 Å². The van der Waals surface area contributed by atoms with Gasteiger partial charge in [0, 0.05) is 10.6 Å². The highest BCUT2D eigenvalue weighted by Gasteiger charge is 2.46. The molecule has 0 radical (unpaired) electrons. The van der Waals surface area contributed by atoms with Gasteiger partial charge >= 0.3 is 0 Å². The second-order valence-corrected chi connectivity index (χ2v) is 8.19. The molecule has 4 rings (SSSR count). The molecule has 1 saturated heterocycles. The summed E-state index contributed by atoms with van der Waals surface area (Å²) >= 11 is 6.04. The Bertz CT molecular complexity index is 1150. The molecule has 0 spiro atoms. The van der Waals surface area contributed by atoms with E-state index in [-0.39, 0.29) is 24.0 Å². The molecule has 1 aromatic heterocycles. The number of hydrogen-bond acceptors (Lipinski definition) is 5. The van der Waals surface area contributed by atoms with Crippen molar-refractivity contribution in [2.24, 2.45) is 0 Å². The van der Waals surface area contributed by atoms with Crippen LogP contribution in [0.2, 0.25) is 5.02 Å². The van der Waals surface area contributed by atoms with Crippen LogP contribution in [0.5, 0.6) is 5.75 Å². The maximum Gasteiger partial charge on any atom is 0.296 e. The van der Waals surface area contributed by atoms with Crippen molar-refractivity contribution in [1.29, 1.82) is 0 Å². The number of hydrogen-bond donors (Lipinski definition) is 1. The molecule has 1 fully saturated rings. The number of aliphatic hydroxyl groups excluding tert-OH is 1. The van der Waals surface area contributed by atoms with Gasteiger partial charge in [-0.15, -0.1) is 0 Å². The van der Waals surface area contributed by atoms with Crippen LogP contribution in [0.1, 0.15) is 36.8 Å². The van der Waals surface area contributed by atoms with Gasteiger partial charge in [-0.25, -0.2) is 0 Å². The molecule has 1 amide bonds. The second kappa shape index (κ2) is 8.93. The molecule has 2 heterocycles. The predicted octanol–water partition coefficient (Wildman–Crippen LogP) is 5.34. The molecular weight excluding hydrogens is 430 g/mol. The van der Waals surface area contributed by atoms with E-state index < -0.39 is 17.7 Å². The lowest BCUT2D eigenvalue weighted by atomic mass is 9.95. The monoisotopic (exact) mass is 451 g/mol. The van der Waals surface area contributed by atoms with Crippen molar-refractivity contribution in [2.75, 3.05) is 0 Å². The maximum absolute atomic E-state index is 13.0. The van der Waals surface area contributed by atoms with Crippen LogP contribution < -0.4 is 4.74 Å². The molecule has 1 unspecified atom stereocenters. The highest BCUT2D eigenvalue weighted by Crippen LogP contribution is 2.40. The van der Waals surface area contributed by atoms with Crippen molar-refractivity contribution in [3.63, 3.8) is 0 Å². The molecule has 6 nitrogen and oxygen atoms in total. The van der Waals surface area contributed by atoms with Crippen LogP contribution in [0.15, 0.2) is 76.9 Å². The minimum absolute atomic E-state index is 0.00581. The van der Waals surface area contributed by atoms with E-state index in [1.807, 2.05) is 13.8 Å². The third-order valence-corrected chi connectivity index (χ3v) is 5.38. The summed E-state index contributed by atoms with van der Waals surface area (Å²) in [6.07, 6.45) is 1.51. The van der Waals surface area contributed by atoms with E-state index in [1.54, 1.807) is 60.7 Å². The largest absolute Gasteiger partial charge is 0.507 e. The van der Waals surface area contributed by atoms with Crippen molar-refractivity contribution in [1.82, 2.24) is 4.90 Å². The number of halogens is 1. The van der Waals surface area contributed by atoms with Crippen LogP contribution >= 0.6 is 11.6 Å². The van der Waals surface area contributed by atoms with Gasteiger partial charge in [-0.05, 0) is 67.9 Å². The van der Waals surface area contributed by atoms with E-state index in [0.29, 0.717) is 27.7 Å². The Balaban J connectivity index is 1.79. The molecule has 1 aliphatic rings. The van der Waals surface area contributed by atoms with Gasteiger partial charge in [0.1, 0.15) is 17.3 Å². The molecule has 0 aliphatic carbocycles. The number of furan rings is 1. The normalized spacial score (nSPS) is 17.9. The summed E-state index contributed by atoms with van der Waals surface area (Å²) < 4.78 is 11.0. The summed E-state index contributed by atoms with van der Waals surface area (Å²) in [6.45, 7) is 3.92. The number of amides is 1. The molecule has 2 aromatic carbocycles. The topological polar surface area (TPSA) is 80.0 Å². The highest BCUT2D eigenvalue weighted by atomic mass is 35.5. The molecule has 0 bridgehead atoms. The van der Waals surface area contributed by atoms with Crippen molar-refractivity contribution < 1.29 is 23.8 Å².